The van der Waals surface area contributed by atoms with Crippen LogP contribution in [0.25, 0.3) is 0 Å². The minimum Gasteiger partial charge on any atom is -0.382 e. The van der Waals surface area contributed by atoms with Crippen molar-refractivity contribution in [2.45, 2.75) is 40.2 Å². The SMILES string of the molecule is CCOCCCNc1nc(C)cn1CCCOCC. The van der Waals surface area contributed by atoms with E-state index < -0.39 is 0 Å². The molecule has 110 valence electrons. The van der Waals surface area contributed by atoms with Crippen LogP contribution in [-0.2, 0) is 16.0 Å². The van der Waals surface area contributed by atoms with E-state index in [-0.39, 0.29) is 0 Å². The lowest BCUT2D eigenvalue weighted by Gasteiger charge is -2.09. The fraction of sp³-hybridized carbons (Fsp3) is 0.786. The summed E-state index contributed by atoms with van der Waals surface area (Å²) >= 11 is 0. The molecular weight excluding hydrogens is 242 g/mol. The summed E-state index contributed by atoms with van der Waals surface area (Å²) in [6, 6.07) is 0. The van der Waals surface area contributed by atoms with Crippen molar-refractivity contribution in [3.05, 3.63) is 11.9 Å². The van der Waals surface area contributed by atoms with Crippen LogP contribution in [0.15, 0.2) is 6.20 Å². The Balaban J connectivity index is 2.31. The van der Waals surface area contributed by atoms with Crippen molar-refractivity contribution in [2.24, 2.45) is 0 Å². The van der Waals surface area contributed by atoms with Gasteiger partial charge in [0.25, 0.3) is 0 Å². The van der Waals surface area contributed by atoms with Crippen molar-refractivity contribution in [1.29, 1.82) is 0 Å². The topological polar surface area (TPSA) is 48.3 Å². The minimum absolute atomic E-state index is 0.783. The Kier molecular flexibility index (Phi) is 8.25. The molecule has 5 nitrogen and oxygen atoms in total. The molecule has 1 rings (SSSR count). The number of hydrogen-bond acceptors (Lipinski definition) is 4. The molecule has 0 saturated heterocycles. The third kappa shape index (κ3) is 6.59. The number of rotatable bonds is 11. The van der Waals surface area contributed by atoms with Crippen LogP contribution in [0.4, 0.5) is 5.95 Å². The Morgan fingerprint density at radius 3 is 2.53 bits per heavy atom. The molecule has 1 aromatic heterocycles. The lowest BCUT2D eigenvalue weighted by molar-refractivity contribution is 0.141. The van der Waals surface area contributed by atoms with Gasteiger partial charge in [-0.25, -0.2) is 4.98 Å². The highest BCUT2D eigenvalue weighted by atomic mass is 16.5. The maximum atomic E-state index is 5.36. The molecule has 0 aliphatic rings. The number of ether oxygens (including phenoxy) is 2. The number of anilines is 1. The normalized spacial score (nSPS) is 10.9. The van der Waals surface area contributed by atoms with E-state index in [4.69, 9.17) is 9.47 Å². The summed E-state index contributed by atoms with van der Waals surface area (Å²) in [6.45, 7) is 11.1. The third-order valence-electron chi connectivity index (χ3n) is 2.74. The van der Waals surface area contributed by atoms with Crippen LogP contribution in [0, 0.1) is 6.92 Å². The Morgan fingerprint density at radius 1 is 1.16 bits per heavy atom. The molecule has 0 amide bonds. The maximum absolute atomic E-state index is 5.36. The molecule has 19 heavy (non-hydrogen) atoms. The van der Waals surface area contributed by atoms with Crippen LogP contribution < -0.4 is 5.32 Å². The van der Waals surface area contributed by atoms with Crippen molar-refractivity contribution < 1.29 is 9.47 Å². The minimum atomic E-state index is 0.783. The number of aromatic nitrogens is 2. The van der Waals surface area contributed by atoms with Crippen LogP contribution in [0.2, 0.25) is 0 Å². The van der Waals surface area contributed by atoms with Crippen LogP contribution in [0.1, 0.15) is 32.4 Å². The van der Waals surface area contributed by atoms with E-state index in [0.717, 1.165) is 64.0 Å². The largest absolute Gasteiger partial charge is 0.382 e. The molecule has 0 aliphatic carbocycles. The first-order valence-corrected chi connectivity index (χ1v) is 7.21. The van der Waals surface area contributed by atoms with Gasteiger partial charge in [-0.05, 0) is 33.6 Å². The van der Waals surface area contributed by atoms with Crippen molar-refractivity contribution in [2.75, 3.05) is 38.3 Å². The summed E-state index contributed by atoms with van der Waals surface area (Å²) in [6.07, 6.45) is 4.09. The van der Waals surface area contributed by atoms with Gasteiger partial charge in [-0.2, -0.15) is 0 Å². The van der Waals surface area contributed by atoms with Crippen LogP contribution in [0.5, 0.6) is 0 Å². The third-order valence-corrected chi connectivity index (χ3v) is 2.74. The van der Waals surface area contributed by atoms with Crippen LogP contribution in [-0.4, -0.2) is 42.5 Å². The first kappa shape index (κ1) is 16.0. The van der Waals surface area contributed by atoms with Crippen molar-refractivity contribution in [3.8, 4) is 0 Å². The van der Waals surface area contributed by atoms with E-state index in [9.17, 15) is 0 Å². The molecule has 0 aliphatic heterocycles. The standard InChI is InChI=1S/C14H27N3O2/c1-4-18-10-6-8-15-14-16-13(3)12-17(14)9-7-11-19-5-2/h12H,4-11H2,1-3H3,(H,15,16). The van der Waals surface area contributed by atoms with E-state index in [1.165, 1.54) is 0 Å². The predicted molar refractivity (Wildman–Crippen MR) is 77.7 cm³/mol. The molecule has 0 bridgehead atoms. The number of aryl methyl sites for hydroxylation is 2. The number of hydrogen-bond donors (Lipinski definition) is 1. The van der Waals surface area contributed by atoms with Gasteiger partial charge in [0.15, 0.2) is 0 Å². The van der Waals surface area contributed by atoms with Crippen LogP contribution >= 0.6 is 0 Å². The molecule has 1 aromatic rings. The lowest BCUT2D eigenvalue weighted by Crippen LogP contribution is -2.11. The smallest absolute Gasteiger partial charge is 0.203 e. The number of nitrogens with one attached hydrogen (secondary N) is 1. The van der Waals surface area contributed by atoms with E-state index in [1.54, 1.807) is 0 Å². The summed E-state index contributed by atoms with van der Waals surface area (Å²) in [4.78, 5) is 4.50. The zero-order chi connectivity index (χ0) is 13.9. The van der Waals surface area contributed by atoms with Gasteiger partial charge in [-0.1, -0.05) is 0 Å². The molecule has 0 atom stereocenters. The van der Waals surface area contributed by atoms with E-state index in [0.29, 0.717) is 0 Å². The quantitative estimate of drug-likeness (QED) is 0.627. The van der Waals surface area contributed by atoms with Crippen molar-refractivity contribution in [1.82, 2.24) is 9.55 Å². The predicted octanol–water partition coefficient (Wildman–Crippen LogP) is 2.46. The summed E-state index contributed by atoms with van der Waals surface area (Å²) < 4.78 is 12.8. The average Bonchev–Trinajstić information content (AvgIpc) is 2.75. The highest BCUT2D eigenvalue weighted by Gasteiger charge is 2.04. The first-order valence-electron chi connectivity index (χ1n) is 7.21. The monoisotopic (exact) mass is 269 g/mol. The molecule has 0 aromatic carbocycles. The zero-order valence-electron chi connectivity index (χ0n) is 12.4. The van der Waals surface area contributed by atoms with Gasteiger partial charge in [0.05, 0.1) is 5.69 Å². The molecular formula is C14H27N3O2. The highest BCUT2D eigenvalue weighted by molar-refractivity contribution is 5.28. The van der Waals surface area contributed by atoms with Gasteiger partial charge in [0, 0.05) is 45.7 Å². The van der Waals surface area contributed by atoms with Gasteiger partial charge >= 0.3 is 0 Å². The molecule has 1 heterocycles. The van der Waals surface area contributed by atoms with Gasteiger partial charge in [0.2, 0.25) is 5.95 Å². The second-order valence-electron chi connectivity index (χ2n) is 4.43. The van der Waals surface area contributed by atoms with Gasteiger partial charge in [0.1, 0.15) is 0 Å². The summed E-state index contributed by atoms with van der Waals surface area (Å²) in [7, 11) is 0. The Labute approximate surface area is 116 Å². The number of imidazole rings is 1. The molecule has 0 saturated carbocycles. The molecule has 1 N–H and O–H groups in total. The molecule has 0 radical (unpaired) electrons. The number of nitrogens with zero attached hydrogens (tertiary/aromatic N) is 2. The van der Waals surface area contributed by atoms with Crippen LogP contribution in [0.3, 0.4) is 0 Å². The maximum Gasteiger partial charge on any atom is 0.203 e. The molecule has 0 fully saturated rings. The van der Waals surface area contributed by atoms with Gasteiger partial charge in [-0.15, -0.1) is 0 Å². The Hall–Kier alpha value is -1.07. The second-order valence-corrected chi connectivity index (χ2v) is 4.43. The molecule has 0 spiro atoms. The first-order chi connectivity index (χ1) is 9.27. The fourth-order valence-electron chi connectivity index (χ4n) is 1.86. The van der Waals surface area contributed by atoms with E-state index in [2.05, 4.69) is 21.1 Å². The second kappa shape index (κ2) is 9.81. The Morgan fingerprint density at radius 2 is 1.84 bits per heavy atom. The highest BCUT2D eigenvalue weighted by Crippen LogP contribution is 2.09. The molecule has 0 unspecified atom stereocenters. The summed E-state index contributed by atoms with van der Waals surface area (Å²) in [5.41, 5.74) is 1.05. The Bertz CT molecular complexity index is 339. The lowest BCUT2D eigenvalue weighted by atomic mass is 10.4. The zero-order valence-corrected chi connectivity index (χ0v) is 12.4. The van der Waals surface area contributed by atoms with Gasteiger partial charge in [-0.3, -0.25) is 0 Å². The summed E-state index contributed by atoms with van der Waals surface area (Å²) in [5.74, 6) is 0.950. The summed E-state index contributed by atoms with van der Waals surface area (Å²) in [5, 5.41) is 3.36. The van der Waals surface area contributed by atoms with E-state index in [1.807, 2.05) is 20.8 Å². The fourth-order valence-corrected chi connectivity index (χ4v) is 1.86. The van der Waals surface area contributed by atoms with Crippen molar-refractivity contribution in [3.63, 3.8) is 0 Å². The van der Waals surface area contributed by atoms with E-state index >= 15 is 0 Å². The molecule has 5 heteroatoms. The average molecular weight is 269 g/mol. The van der Waals surface area contributed by atoms with Gasteiger partial charge < -0.3 is 19.4 Å². The van der Waals surface area contributed by atoms with Crippen molar-refractivity contribution >= 4 is 5.95 Å².